The molecule has 1 aromatic carbocycles. The van der Waals surface area contributed by atoms with Gasteiger partial charge in [-0.2, -0.15) is 0 Å². The molecule has 1 saturated heterocycles. The van der Waals surface area contributed by atoms with Gasteiger partial charge < -0.3 is 10.4 Å². The second-order valence-electron chi connectivity index (χ2n) is 5.03. The maximum Gasteiger partial charge on any atom is 0.139 e. The molecule has 0 saturated carbocycles. The van der Waals surface area contributed by atoms with Gasteiger partial charge in [-0.15, -0.1) is 36.2 Å². The third kappa shape index (κ3) is 4.50. The topological polar surface area (TPSA) is 35.5 Å². The fourth-order valence-corrected chi connectivity index (χ4v) is 3.80. The Kier molecular flexibility index (Phi) is 8.07. The highest BCUT2D eigenvalue weighted by Crippen LogP contribution is 2.40. The zero-order chi connectivity index (χ0) is 14.8. The first kappa shape index (κ1) is 20.5. The lowest BCUT2D eigenvalue weighted by atomic mass is 10.0. The molecule has 0 radical (unpaired) electrons. The van der Waals surface area contributed by atoms with Crippen molar-refractivity contribution in [1.29, 1.82) is 0 Å². The van der Waals surface area contributed by atoms with Crippen LogP contribution >= 0.6 is 47.8 Å². The first-order valence-corrected chi connectivity index (χ1v) is 8.08. The Balaban J connectivity index is 0.00000132. The second-order valence-corrected chi connectivity index (χ2v) is 6.42. The van der Waals surface area contributed by atoms with Gasteiger partial charge >= 0.3 is 0 Å². The summed E-state index contributed by atoms with van der Waals surface area (Å²) in [6, 6.07) is 6.33. The van der Waals surface area contributed by atoms with Gasteiger partial charge in [-0.1, -0.05) is 17.7 Å². The van der Waals surface area contributed by atoms with Crippen molar-refractivity contribution in [3.05, 3.63) is 50.9 Å². The van der Waals surface area contributed by atoms with Crippen molar-refractivity contribution in [1.82, 2.24) is 10.2 Å². The third-order valence-corrected chi connectivity index (χ3v) is 4.89. The van der Waals surface area contributed by atoms with Crippen molar-refractivity contribution in [2.75, 3.05) is 26.2 Å². The fraction of sp³-hybridized carbons (Fsp3) is 0.333. The van der Waals surface area contributed by atoms with Gasteiger partial charge in [-0.3, -0.25) is 4.90 Å². The van der Waals surface area contributed by atoms with Crippen LogP contribution in [0.5, 0.6) is 5.75 Å². The lowest BCUT2D eigenvalue weighted by molar-refractivity contribution is 0.198. The fourth-order valence-electron chi connectivity index (χ4n) is 2.71. The molecule has 1 fully saturated rings. The molecule has 1 aliphatic heterocycles. The average molecular weight is 400 g/mol. The number of phenolic OH excluding ortho intramolecular Hbond substituents is 1. The molecule has 3 rings (SSSR count). The van der Waals surface area contributed by atoms with Crippen LogP contribution in [-0.2, 0) is 0 Å². The Morgan fingerprint density at radius 3 is 2.57 bits per heavy atom. The first-order valence-electron chi connectivity index (χ1n) is 6.83. The predicted octanol–water partition coefficient (Wildman–Crippen LogP) is 4.08. The number of hydrogen-bond acceptors (Lipinski definition) is 4. The summed E-state index contributed by atoms with van der Waals surface area (Å²) in [6.07, 6.45) is 0. The molecular weight excluding hydrogens is 382 g/mol. The van der Waals surface area contributed by atoms with Crippen LogP contribution in [0.15, 0.2) is 29.6 Å². The van der Waals surface area contributed by atoms with Crippen LogP contribution in [0.2, 0.25) is 5.02 Å². The lowest BCUT2D eigenvalue weighted by Gasteiger charge is -2.35. The molecule has 8 heteroatoms. The number of aromatic hydroxyl groups is 1. The summed E-state index contributed by atoms with van der Waals surface area (Å²) in [7, 11) is 0. The highest BCUT2D eigenvalue weighted by molar-refractivity contribution is 7.10. The van der Waals surface area contributed by atoms with E-state index in [4.69, 9.17) is 11.6 Å². The number of halogens is 4. The average Bonchev–Trinajstić information content (AvgIpc) is 2.99. The standard InChI is InChI=1S/C15H16ClFN2OS.2ClH/c16-12-9-10(17)8-11(15(12)20)14(13-2-1-7-21-13)19-5-3-18-4-6-19;;/h1-2,7-9,14,18,20H,3-6H2;2*1H/t14-;;/m1../s1. The van der Waals surface area contributed by atoms with Gasteiger partial charge in [0.25, 0.3) is 0 Å². The van der Waals surface area contributed by atoms with E-state index in [-0.39, 0.29) is 41.6 Å². The molecule has 0 bridgehead atoms. The SMILES string of the molecule is Cl.Cl.Oc1c(Cl)cc(F)cc1[C@H](c1cccs1)N1CCNCC1. The molecule has 1 aromatic heterocycles. The number of benzene rings is 1. The molecule has 128 valence electrons. The Morgan fingerprint density at radius 1 is 1.26 bits per heavy atom. The maximum atomic E-state index is 13.8. The molecule has 23 heavy (non-hydrogen) atoms. The molecule has 0 spiro atoms. The van der Waals surface area contributed by atoms with Gasteiger partial charge in [0, 0.05) is 36.6 Å². The van der Waals surface area contributed by atoms with E-state index in [1.54, 1.807) is 11.3 Å². The molecule has 2 aromatic rings. The smallest absolute Gasteiger partial charge is 0.139 e. The third-order valence-electron chi connectivity index (χ3n) is 3.68. The van der Waals surface area contributed by atoms with Crippen molar-refractivity contribution < 1.29 is 9.50 Å². The molecule has 0 amide bonds. The number of nitrogens with zero attached hydrogens (tertiary/aromatic N) is 1. The van der Waals surface area contributed by atoms with Gasteiger partial charge in [-0.25, -0.2) is 4.39 Å². The number of hydrogen-bond donors (Lipinski definition) is 2. The van der Waals surface area contributed by atoms with Crippen LogP contribution in [0, 0.1) is 5.82 Å². The molecule has 2 N–H and O–H groups in total. The minimum atomic E-state index is -0.426. The second kappa shape index (κ2) is 9.06. The minimum absolute atomic E-state index is 0. The molecule has 1 aliphatic rings. The van der Waals surface area contributed by atoms with E-state index in [1.165, 1.54) is 6.07 Å². The van der Waals surface area contributed by atoms with Crippen LogP contribution in [-0.4, -0.2) is 36.2 Å². The normalized spacial score (nSPS) is 16.3. The van der Waals surface area contributed by atoms with Gasteiger partial charge in [0.2, 0.25) is 0 Å². The molecular formula is C15H18Cl3FN2OS. The summed E-state index contributed by atoms with van der Waals surface area (Å²) in [5.41, 5.74) is 0.532. The number of piperazine rings is 1. The lowest BCUT2D eigenvalue weighted by Crippen LogP contribution is -2.45. The van der Waals surface area contributed by atoms with Crippen LogP contribution in [0.4, 0.5) is 4.39 Å². The van der Waals surface area contributed by atoms with Gasteiger partial charge in [0.05, 0.1) is 11.1 Å². The molecule has 3 nitrogen and oxygen atoms in total. The Morgan fingerprint density at radius 2 is 1.96 bits per heavy atom. The van der Waals surface area contributed by atoms with E-state index in [2.05, 4.69) is 10.2 Å². The molecule has 0 aliphatic carbocycles. The highest BCUT2D eigenvalue weighted by atomic mass is 35.5. The van der Waals surface area contributed by atoms with E-state index in [0.29, 0.717) is 5.56 Å². The Bertz CT molecular complexity index is 621. The monoisotopic (exact) mass is 398 g/mol. The quantitative estimate of drug-likeness (QED) is 0.816. The number of rotatable bonds is 3. The van der Waals surface area contributed by atoms with Crippen molar-refractivity contribution in [3.63, 3.8) is 0 Å². The summed E-state index contributed by atoms with van der Waals surface area (Å²) in [5, 5.41) is 15.6. The zero-order valence-electron chi connectivity index (χ0n) is 12.2. The summed E-state index contributed by atoms with van der Waals surface area (Å²) in [4.78, 5) is 3.32. The van der Waals surface area contributed by atoms with Gasteiger partial charge in [-0.05, 0) is 23.6 Å². The number of thiophene rings is 1. The van der Waals surface area contributed by atoms with E-state index >= 15 is 0 Å². The van der Waals surface area contributed by atoms with E-state index in [1.807, 2.05) is 17.5 Å². The van der Waals surface area contributed by atoms with E-state index < -0.39 is 5.82 Å². The number of nitrogens with one attached hydrogen (secondary N) is 1. The first-order chi connectivity index (χ1) is 10.2. The summed E-state index contributed by atoms with van der Waals surface area (Å²) in [5.74, 6) is -0.459. The highest BCUT2D eigenvalue weighted by Gasteiger charge is 2.28. The molecule has 1 atom stereocenters. The molecule has 0 unspecified atom stereocenters. The van der Waals surface area contributed by atoms with Gasteiger partial charge in [0.1, 0.15) is 11.6 Å². The molecule has 2 heterocycles. The van der Waals surface area contributed by atoms with Crippen LogP contribution < -0.4 is 5.32 Å². The zero-order valence-corrected chi connectivity index (χ0v) is 15.4. The summed E-state index contributed by atoms with van der Waals surface area (Å²) < 4.78 is 13.8. The maximum absolute atomic E-state index is 13.8. The van der Waals surface area contributed by atoms with Crippen molar-refractivity contribution in [2.45, 2.75) is 6.04 Å². The van der Waals surface area contributed by atoms with E-state index in [9.17, 15) is 9.50 Å². The van der Waals surface area contributed by atoms with E-state index in [0.717, 1.165) is 37.1 Å². The summed E-state index contributed by atoms with van der Waals surface area (Å²) >= 11 is 7.55. The van der Waals surface area contributed by atoms with Gasteiger partial charge in [0.15, 0.2) is 0 Å². The largest absolute Gasteiger partial charge is 0.506 e. The Labute approximate surface area is 156 Å². The minimum Gasteiger partial charge on any atom is -0.506 e. The van der Waals surface area contributed by atoms with Crippen LogP contribution in [0.25, 0.3) is 0 Å². The summed E-state index contributed by atoms with van der Waals surface area (Å²) in [6.45, 7) is 3.45. The van der Waals surface area contributed by atoms with Crippen molar-refractivity contribution in [2.24, 2.45) is 0 Å². The van der Waals surface area contributed by atoms with Crippen LogP contribution in [0.1, 0.15) is 16.5 Å². The predicted molar refractivity (Wildman–Crippen MR) is 98.2 cm³/mol. The Hall–Kier alpha value is -0.560. The van der Waals surface area contributed by atoms with Crippen molar-refractivity contribution >= 4 is 47.8 Å². The van der Waals surface area contributed by atoms with Crippen molar-refractivity contribution in [3.8, 4) is 5.75 Å². The number of phenols is 1. The van der Waals surface area contributed by atoms with Crippen LogP contribution in [0.3, 0.4) is 0 Å².